The number of carbonyl (C=O) groups is 1. The third kappa shape index (κ3) is 4.47. The summed E-state index contributed by atoms with van der Waals surface area (Å²) in [6, 6.07) is 6.28. The van der Waals surface area contributed by atoms with E-state index in [0.29, 0.717) is 19.0 Å². The van der Waals surface area contributed by atoms with Gasteiger partial charge in [0.25, 0.3) is 0 Å². The predicted octanol–water partition coefficient (Wildman–Crippen LogP) is 2.45. The Kier molecular flexibility index (Phi) is 5.64. The highest BCUT2D eigenvalue weighted by Crippen LogP contribution is 2.27. The Morgan fingerprint density at radius 1 is 1.30 bits per heavy atom. The van der Waals surface area contributed by atoms with Gasteiger partial charge in [0.1, 0.15) is 0 Å². The molecule has 0 saturated carbocycles. The van der Waals surface area contributed by atoms with Gasteiger partial charge in [-0.1, -0.05) is 12.1 Å². The van der Waals surface area contributed by atoms with Crippen LogP contribution in [0.3, 0.4) is 0 Å². The fourth-order valence-corrected chi connectivity index (χ4v) is 2.83. The largest absolute Gasteiger partial charge is 0.370 e. The van der Waals surface area contributed by atoms with Gasteiger partial charge in [-0.05, 0) is 63.6 Å². The van der Waals surface area contributed by atoms with Gasteiger partial charge in [0, 0.05) is 12.2 Å². The summed E-state index contributed by atoms with van der Waals surface area (Å²) in [7, 11) is 0. The summed E-state index contributed by atoms with van der Waals surface area (Å²) < 4.78 is 0. The SMILES string of the molecule is CCNC(=O)C(C)(C)CN=C(N)Nc1cccc2c1CCCC2. The fraction of sp³-hybridized carbons (Fsp3) is 0.556. The van der Waals surface area contributed by atoms with Crippen molar-refractivity contribution in [1.29, 1.82) is 0 Å². The Hall–Kier alpha value is -2.04. The van der Waals surface area contributed by atoms with E-state index in [4.69, 9.17) is 5.73 Å². The van der Waals surface area contributed by atoms with E-state index >= 15 is 0 Å². The van der Waals surface area contributed by atoms with Crippen LogP contribution in [0.1, 0.15) is 44.7 Å². The normalized spacial score (nSPS) is 15.0. The molecule has 5 heteroatoms. The van der Waals surface area contributed by atoms with E-state index in [0.717, 1.165) is 18.5 Å². The number of guanidine groups is 1. The molecule has 0 bridgehead atoms. The van der Waals surface area contributed by atoms with E-state index in [1.165, 1.54) is 24.0 Å². The monoisotopic (exact) mass is 316 g/mol. The van der Waals surface area contributed by atoms with Gasteiger partial charge in [-0.2, -0.15) is 0 Å². The summed E-state index contributed by atoms with van der Waals surface area (Å²) in [6.07, 6.45) is 4.68. The molecule has 1 aromatic rings. The minimum atomic E-state index is -0.571. The third-order valence-electron chi connectivity index (χ3n) is 4.26. The Morgan fingerprint density at radius 3 is 2.78 bits per heavy atom. The van der Waals surface area contributed by atoms with Gasteiger partial charge in [-0.25, -0.2) is 0 Å². The van der Waals surface area contributed by atoms with Crippen molar-refractivity contribution < 1.29 is 4.79 Å². The summed E-state index contributed by atoms with van der Waals surface area (Å²) in [5.74, 6) is 0.356. The van der Waals surface area contributed by atoms with Gasteiger partial charge in [-0.3, -0.25) is 9.79 Å². The molecule has 0 spiro atoms. The maximum absolute atomic E-state index is 12.0. The first-order valence-corrected chi connectivity index (χ1v) is 8.40. The molecule has 4 N–H and O–H groups in total. The van der Waals surface area contributed by atoms with Crippen LogP contribution in [-0.2, 0) is 17.6 Å². The molecule has 0 aliphatic heterocycles. The first-order valence-electron chi connectivity index (χ1n) is 8.40. The van der Waals surface area contributed by atoms with Crippen LogP contribution in [0.25, 0.3) is 0 Å². The fourth-order valence-electron chi connectivity index (χ4n) is 2.83. The molecule has 0 radical (unpaired) electrons. The number of aliphatic imine (C=N–C) groups is 1. The van der Waals surface area contributed by atoms with Crippen LogP contribution in [0.2, 0.25) is 0 Å². The van der Waals surface area contributed by atoms with Crippen LogP contribution >= 0.6 is 0 Å². The number of nitrogens with one attached hydrogen (secondary N) is 2. The van der Waals surface area contributed by atoms with E-state index in [2.05, 4.69) is 27.8 Å². The number of benzene rings is 1. The number of fused-ring (bicyclic) bond motifs is 1. The lowest BCUT2D eigenvalue weighted by Crippen LogP contribution is -2.39. The quantitative estimate of drug-likeness (QED) is 0.576. The average molecular weight is 316 g/mol. The number of nitrogens with two attached hydrogens (primary N) is 1. The number of nitrogens with zero attached hydrogens (tertiary/aromatic N) is 1. The maximum atomic E-state index is 12.0. The van der Waals surface area contributed by atoms with E-state index in [9.17, 15) is 4.79 Å². The molecule has 0 saturated heterocycles. The Labute approximate surface area is 138 Å². The molecule has 2 rings (SSSR count). The van der Waals surface area contributed by atoms with Crippen molar-refractivity contribution >= 4 is 17.6 Å². The second-order valence-electron chi connectivity index (χ2n) is 6.72. The Morgan fingerprint density at radius 2 is 2.04 bits per heavy atom. The molecule has 0 fully saturated rings. The highest BCUT2D eigenvalue weighted by molar-refractivity contribution is 5.93. The van der Waals surface area contributed by atoms with Crippen molar-refractivity contribution in [2.75, 3.05) is 18.4 Å². The van der Waals surface area contributed by atoms with Crippen LogP contribution in [0.5, 0.6) is 0 Å². The van der Waals surface area contributed by atoms with E-state index in [1.54, 1.807) is 0 Å². The molecule has 1 aromatic carbocycles. The number of rotatable bonds is 5. The lowest BCUT2D eigenvalue weighted by atomic mass is 9.90. The minimum Gasteiger partial charge on any atom is -0.370 e. The summed E-state index contributed by atoms with van der Waals surface area (Å²) >= 11 is 0. The number of anilines is 1. The minimum absolute atomic E-state index is 0.00589. The molecule has 0 unspecified atom stereocenters. The van der Waals surface area contributed by atoms with Gasteiger partial charge < -0.3 is 16.4 Å². The van der Waals surface area contributed by atoms with E-state index < -0.39 is 5.41 Å². The number of amides is 1. The predicted molar refractivity (Wildman–Crippen MR) is 95.7 cm³/mol. The lowest BCUT2D eigenvalue weighted by molar-refractivity contribution is -0.128. The Balaban J connectivity index is 2.04. The zero-order valence-corrected chi connectivity index (χ0v) is 14.4. The average Bonchev–Trinajstić information content (AvgIpc) is 2.54. The molecule has 5 nitrogen and oxygen atoms in total. The Bertz CT molecular complexity index is 593. The number of aryl methyl sites for hydroxylation is 1. The molecular weight excluding hydrogens is 288 g/mol. The molecule has 0 heterocycles. The zero-order chi connectivity index (χ0) is 16.9. The molecule has 126 valence electrons. The zero-order valence-electron chi connectivity index (χ0n) is 14.4. The summed E-state index contributed by atoms with van der Waals surface area (Å²) in [4.78, 5) is 16.4. The first kappa shape index (κ1) is 17.3. The van der Waals surface area contributed by atoms with Crippen LogP contribution in [-0.4, -0.2) is 25.0 Å². The van der Waals surface area contributed by atoms with E-state index in [-0.39, 0.29) is 5.91 Å². The maximum Gasteiger partial charge on any atom is 0.227 e. The van der Waals surface area contributed by atoms with Crippen molar-refractivity contribution in [1.82, 2.24) is 5.32 Å². The summed E-state index contributed by atoms with van der Waals surface area (Å²) in [6.45, 7) is 6.63. The molecule has 1 amide bonds. The number of hydrogen-bond acceptors (Lipinski definition) is 2. The highest BCUT2D eigenvalue weighted by Gasteiger charge is 2.26. The smallest absolute Gasteiger partial charge is 0.227 e. The van der Waals surface area contributed by atoms with Gasteiger partial charge in [0.2, 0.25) is 5.91 Å². The van der Waals surface area contributed by atoms with Crippen LogP contribution in [0, 0.1) is 5.41 Å². The standard InChI is InChI=1S/C18H28N4O/c1-4-20-16(23)18(2,3)12-21-17(19)22-15-11-7-9-13-8-5-6-10-14(13)15/h7,9,11H,4-6,8,10,12H2,1-3H3,(H,20,23)(H3,19,21,22). The van der Waals surface area contributed by atoms with Crippen molar-refractivity contribution in [3.8, 4) is 0 Å². The van der Waals surface area contributed by atoms with Gasteiger partial charge in [0.15, 0.2) is 5.96 Å². The molecule has 23 heavy (non-hydrogen) atoms. The summed E-state index contributed by atoms with van der Waals surface area (Å²) in [5, 5.41) is 6.04. The highest BCUT2D eigenvalue weighted by atomic mass is 16.2. The van der Waals surface area contributed by atoms with Gasteiger partial charge in [-0.15, -0.1) is 0 Å². The lowest BCUT2D eigenvalue weighted by Gasteiger charge is -2.22. The van der Waals surface area contributed by atoms with Gasteiger partial charge >= 0.3 is 0 Å². The first-order chi connectivity index (χ1) is 10.9. The molecule has 0 aromatic heterocycles. The molecular formula is C18H28N4O. The second kappa shape index (κ2) is 7.49. The van der Waals surface area contributed by atoms with E-state index in [1.807, 2.05) is 26.8 Å². The molecule has 0 atom stereocenters. The van der Waals surface area contributed by atoms with Crippen molar-refractivity contribution in [3.63, 3.8) is 0 Å². The molecule has 1 aliphatic carbocycles. The van der Waals surface area contributed by atoms with Gasteiger partial charge in [0.05, 0.1) is 12.0 Å². The van der Waals surface area contributed by atoms with Crippen molar-refractivity contribution in [2.45, 2.75) is 46.5 Å². The number of hydrogen-bond donors (Lipinski definition) is 3. The third-order valence-corrected chi connectivity index (χ3v) is 4.26. The second-order valence-corrected chi connectivity index (χ2v) is 6.72. The van der Waals surface area contributed by atoms with Crippen molar-refractivity contribution in [3.05, 3.63) is 29.3 Å². The topological polar surface area (TPSA) is 79.5 Å². The van der Waals surface area contributed by atoms with Crippen LogP contribution in [0.15, 0.2) is 23.2 Å². The molecule has 1 aliphatic rings. The van der Waals surface area contributed by atoms with Crippen LogP contribution < -0.4 is 16.4 Å². The van der Waals surface area contributed by atoms with Crippen LogP contribution in [0.4, 0.5) is 5.69 Å². The van der Waals surface area contributed by atoms with Crippen molar-refractivity contribution in [2.24, 2.45) is 16.1 Å². The number of carbonyl (C=O) groups excluding carboxylic acids is 1. The summed E-state index contributed by atoms with van der Waals surface area (Å²) in [5.41, 5.74) is 9.24.